The summed E-state index contributed by atoms with van der Waals surface area (Å²) in [5.41, 5.74) is 6.46. The fourth-order valence-corrected chi connectivity index (χ4v) is 1.80. The zero-order valence-electron chi connectivity index (χ0n) is 8.95. The molecule has 1 heterocycles. The minimum absolute atomic E-state index is 0.306. The van der Waals surface area contributed by atoms with Crippen molar-refractivity contribution in [2.45, 2.75) is 6.92 Å². The van der Waals surface area contributed by atoms with Gasteiger partial charge < -0.3 is 5.73 Å². The van der Waals surface area contributed by atoms with E-state index < -0.39 is 5.69 Å². The maximum Gasteiger partial charge on any atom is 0.353 e. The van der Waals surface area contributed by atoms with Crippen molar-refractivity contribution in [3.8, 4) is 5.69 Å². The molecule has 17 heavy (non-hydrogen) atoms. The van der Waals surface area contributed by atoms with E-state index in [4.69, 9.17) is 28.9 Å². The highest BCUT2D eigenvalue weighted by atomic mass is 35.5. The highest BCUT2D eigenvalue weighted by Crippen LogP contribution is 2.24. The number of anilines is 1. The van der Waals surface area contributed by atoms with Gasteiger partial charge in [0.1, 0.15) is 5.82 Å². The fraction of sp³-hybridized carbons (Fsp3) is 0.0909. The molecule has 0 spiro atoms. The molecule has 0 unspecified atom stereocenters. The van der Waals surface area contributed by atoms with E-state index in [0.717, 1.165) is 0 Å². The molecule has 0 bridgehead atoms. The molecule has 0 saturated carbocycles. The standard InChI is InChI=1S/C11H9Cl2N3O/c1-6-4-10(14)16(11(17)15-6)7-2-3-8(12)9(13)5-7/h2-5H,14H2,1H3. The number of nitrogen functional groups attached to an aromatic ring is 1. The molecule has 6 heteroatoms. The number of halogens is 2. The first-order valence-corrected chi connectivity index (χ1v) is 5.56. The largest absolute Gasteiger partial charge is 0.385 e. The van der Waals surface area contributed by atoms with Crippen molar-refractivity contribution in [3.63, 3.8) is 0 Å². The number of benzene rings is 1. The lowest BCUT2D eigenvalue weighted by atomic mass is 10.3. The summed E-state index contributed by atoms with van der Waals surface area (Å²) in [6, 6.07) is 6.44. The van der Waals surface area contributed by atoms with Crippen molar-refractivity contribution >= 4 is 29.0 Å². The van der Waals surface area contributed by atoms with Gasteiger partial charge in [0, 0.05) is 11.8 Å². The lowest BCUT2D eigenvalue weighted by Crippen LogP contribution is -2.24. The average Bonchev–Trinajstić information content (AvgIpc) is 2.21. The molecular weight excluding hydrogens is 261 g/mol. The molecule has 0 aliphatic rings. The third-order valence-electron chi connectivity index (χ3n) is 2.24. The fourth-order valence-electron chi connectivity index (χ4n) is 1.51. The van der Waals surface area contributed by atoms with Crippen LogP contribution < -0.4 is 11.4 Å². The van der Waals surface area contributed by atoms with E-state index in [0.29, 0.717) is 27.2 Å². The molecule has 0 saturated heterocycles. The summed E-state index contributed by atoms with van der Waals surface area (Å²) >= 11 is 11.7. The first-order valence-electron chi connectivity index (χ1n) is 4.80. The highest BCUT2D eigenvalue weighted by Gasteiger charge is 2.07. The topological polar surface area (TPSA) is 60.9 Å². The lowest BCUT2D eigenvalue weighted by Gasteiger charge is -2.09. The van der Waals surface area contributed by atoms with Gasteiger partial charge in [-0.2, -0.15) is 4.98 Å². The van der Waals surface area contributed by atoms with Crippen molar-refractivity contribution < 1.29 is 0 Å². The molecule has 0 fully saturated rings. The van der Waals surface area contributed by atoms with E-state index in [-0.39, 0.29) is 0 Å². The summed E-state index contributed by atoms with van der Waals surface area (Å²) in [6.07, 6.45) is 0. The van der Waals surface area contributed by atoms with E-state index in [9.17, 15) is 4.79 Å². The molecule has 1 aromatic carbocycles. The van der Waals surface area contributed by atoms with Gasteiger partial charge in [-0.15, -0.1) is 0 Å². The Morgan fingerprint density at radius 2 is 1.94 bits per heavy atom. The molecule has 0 atom stereocenters. The van der Waals surface area contributed by atoms with Crippen LogP contribution in [0.4, 0.5) is 5.82 Å². The Morgan fingerprint density at radius 3 is 2.53 bits per heavy atom. The van der Waals surface area contributed by atoms with Crippen LogP contribution in [0.3, 0.4) is 0 Å². The van der Waals surface area contributed by atoms with Crippen molar-refractivity contribution in [1.82, 2.24) is 9.55 Å². The van der Waals surface area contributed by atoms with Crippen LogP contribution in [0.15, 0.2) is 29.1 Å². The van der Waals surface area contributed by atoms with Crippen LogP contribution >= 0.6 is 23.2 Å². The number of nitrogens with zero attached hydrogens (tertiary/aromatic N) is 2. The second-order valence-electron chi connectivity index (χ2n) is 3.54. The van der Waals surface area contributed by atoms with E-state index >= 15 is 0 Å². The Labute approximate surface area is 108 Å². The van der Waals surface area contributed by atoms with Gasteiger partial charge in [-0.1, -0.05) is 23.2 Å². The van der Waals surface area contributed by atoms with Crippen LogP contribution in [-0.4, -0.2) is 9.55 Å². The summed E-state index contributed by atoms with van der Waals surface area (Å²) in [6.45, 7) is 1.71. The van der Waals surface area contributed by atoms with E-state index in [1.807, 2.05) is 0 Å². The predicted molar refractivity (Wildman–Crippen MR) is 69.0 cm³/mol. The summed E-state index contributed by atoms with van der Waals surface area (Å²) in [5, 5.41) is 0.776. The SMILES string of the molecule is Cc1cc(N)n(-c2ccc(Cl)c(Cl)c2)c(=O)n1. The molecule has 2 aromatic rings. The van der Waals surface area contributed by atoms with Gasteiger partial charge in [0.2, 0.25) is 0 Å². The van der Waals surface area contributed by atoms with Crippen molar-refractivity contribution in [1.29, 1.82) is 0 Å². The molecule has 2 rings (SSSR count). The van der Waals surface area contributed by atoms with Crippen molar-refractivity contribution in [2.75, 3.05) is 5.73 Å². The Bertz CT molecular complexity index is 637. The Morgan fingerprint density at radius 1 is 1.24 bits per heavy atom. The number of aryl methyl sites for hydroxylation is 1. The molecular formula is C11H9Cl2N3O. The molecule has 0 aliphatic heterocycles. The number of rotatable bonds is 1. The van der Waals surface area contributed by atoms with Gasteiger partial charge in [-0.3, -0.25) is 0 Å². The number of nitrogens with two attached hydrogens (primary N) is 1. The molecule has 1 aromatic heterocycles. The van der Waals surface area contributed by atoms with Crippen molar-refractivity contribution in [2.24, 2.45) is 0 Å². The minimum atomic E-state index is -0.444. The number of aromatic nitrogens is 2. The molecule has 0 aliphatic carbocycles. The van der Waals surface area contributed by atoms with Crippen LogP contribution in [0.5, 0.6) is 0 Å². The zero-order chi connectivity index (χ0) is 12.6. The Kier molecular flexibility index (Phi) is 3.09. The Hall–Kier alpha value is -1.52. The van der Waals surface area contributed by atoms with Crippen LogP contribution in [0.2, 0.25) is 10.0 Å². The van der Waals surface area contributed by atoms with Crippen LogP contribution in [0, 0.1) is 6.92 Å². The van der Waals surface area contributed by atoms with Gasteiger partial charge in [0.25, 0.3) is 0 Å². The third-order valence-corrected chi connectivity index (χ3v) is 2.98. The van der Waals surface area contributed by atoms with Gasteiger partial charge in [-0.25, -0.2) is 9.36 Å². The van der Waals surface area contributed by atoms with Crippen molar-refractivity contribution in [3.05, 3.63) is 50.5 Å². The normalized spacial score (nSPS) is 10.5. The first kappa shape index (κ1) is 12.0. The maximum absolute atomic E-state index is 11.8. The minimum Gasteiger partial charge on any atom is -0.385 e. The molecule has 0 radical (unpaired) electrons. The number of hydrogen-bond acceptors (Lipinski definition) is 3. The first-order chi connectivity index (χ1) is 7.99. The van der Waals surface area contributed by atoms with Gasteiger partial charge in [0.15, 0.2) is 0 Å². The molecule has 4 nitrogen and oxygen atoms in total. The predicted octanol–water partition coefficient (Wildman–Crippen LogP) is 2.43. The summed E-state index contributed by atoms with van der Waals surface area (Å²) in [5.74, 6) is 0.306. The monoisotopic (exact) mass is 269 g/mol. The lowest BCUT2D eigenvalue weighted by molar-refractivity contribution is 0.906. The second-order valence-corrected chi connectivity index (χ2v) is 4.35. The van der Waals surface area contributed by atoms with Crippen LogP contribution in [-0.2, 0) is 0 Å². The van der Waals surface area contributed by atoms with Crippen LogP contribution in [0.25, 0.3) is 5.69 Å². The van der Waals surface area contributed by atoms with E-state index in [2.05, 4.69) is 4.98 Å². The highest BCUT2D eigenvalue weighted by molar-refractivity contribution is 6.42. The van der Waals surface area contributed by atoms with Gasteiger partial charge >= 0.3 is 5.69 Å². The smallest absolute Gasteiger partial charge is 0.353 e. The molecule has 0 amide bonds. The Balaban J connectivity index is 2.69. The average molecular weight is 270 g/mol. The number of hydrogen-bond donors (Lipinski definition) is 1. The molecule has 88 valence electrons. The van der Waals surface area contributed by atoms with Gasteiger partial charge in [-0.05, 0) is 25.1 Å². The summed E-state index contributed by atoms with van der Waals surface area (Å²) in [7, 11) is 0. The quantitative estimate of drug-likeness (QED) is 0.865. The van der Waals surface area contributed by atoms with Gasteiger partial charge in [0.05, 0.1) is 15.7 Å². The van der Waals surface area contributed by atoms with Crippen LogP contribution in [0.1, 0.15) is 5.69 Å². The summed E-state index contributed by atoms with van der Waals surface area (Å²) < 4.78 is 1.27. The second kappa shape index (κ2) is 4.39. The summed E-state index contributed by atoms with van der Waals surface area (Å²) in [4.78, 5) is 15.6. The molecule has 2 N–H and O–H groups in total. The maximum atomic E-state index is 11.8. The van der Waals surface area contributed by atoms with E-state index in [1.165, 1.54) is 4.57 Å². The third kappa shape index (κ3) is 2.28. The zero-order valence-corrected chi connectivity index (χ0v) is 10.5. The van der Waals surface area contributed by atoms with E-state index in [1.54, 1.807) is 31.2 Å².